The summed E-state index contributed by atoms with van der Waals surface area (Å²) in [5.74, 6) is 0.858. The van der Waals surface area contributed by atoms with E-state index in [0.29, 0.717) is 22.2 Å². The van der Waals surface area contributed by atoms with Gasteiger partial charge in [0.25, 0.3) is 5.91 Å². The van der Waals surface area contributed by atoms with Gasteiger partial charge in [0.1, 0.15) is 11.5 Å². The molecule has 6 heteroatoms. The zero-order valence-electron chi connectivity index (χ0n) is 11.6. The molecular formula is C14H16N2O3S. The predicted molar refractivity (Wildman–Crippen MR) is 79.0 cm³/mol. The number of methoxy groups -OCH3 is 2. The summed E-state index contributed by atoms with van der Waals surface area (Å²) in [5.41, 5.74) is 0.446. The Morgan fingerprint density at radius 1 is 1.35 bits per heavy atom. The van der Waals surface area contributed by atoms with E-state index >= 15 is 0 Å². The van der Waals surface area contributed by atoms with Crippen molar-refractivity contribution in [1.29, 1.82) is 0 Å². The number of carbonyl (C=O) groups is 1. The van der Waals surface area contributed by atoms with Crippen LogP contribution in [0.15, 0.2) is 24.4 Å². The smallest absolute Gasteiger partial charge is 0.261 e. The van der Waals surface area contributed by atoms with E-state index in [4.69, 9.17) is 9.47 Å². The highest BCUT2D eigenvalue weighted by atomic mass is 32.1. The first-order valence-electron chi connectivity index (χ1n) is 6.16. The molecule has 1 N–H and O–H groups in total. The Kier molecular flexibility index (Phi) is 4.57. The lowest BCUT2D eigenvalue weighted by molar-refractivity contribution is 0.102. The van der Waals surface area contributed by atoms with Crippen LogP contribution in [-0.2, 0) is 6.42 Å². The van der Waals surface area contributed by atoms with Crippen molar-refractivity contribution in [3.8, 4) is 11.5 Å². The summed E-state index contributed by atoms with van der Waals surface area (Å²) in [7, 11) is 3.08. The minimum Gasteiger partial charge on any atom is -0.497 e. The van der Waals surface area contributed by atoms with Crippen molar-refractivity contribution in [3.05, 3.63) is 34.8 Å². The molecule has 1 aromatic carbocycles. The number of benzene rings is 1. The standard InChI is InChI=1S/C14H16N2O3S/c1-4-10-8-15-14(20-10)16-13(17)11-6-5-9(18-2)7-12(11)19-3/h5-8H,4H2,1-3H3,(H,15,16,17). The van der Waals surface area contributed by atoms with Crippen LogP contribution >= 0.6 is 11.3 Å². The second kappa shape index (κ2) is 6.38. The van der Waals surface area contributed by atoms with Gasteiger partial charge in [0.05, 0.1) is 19.8 Å². The molecule has 0 saturated carbocycles. The molecular weight excluding hydrogens is 276 g/mol. The Labute approximate surface area is 121 Å². The van der Waals surface area contributed by atoms with Gasteiger partial charge in [-0.3, -0.25) is 10.1 Å². The Morgan fingerprint density at radius 2 is 2.15 bits per heavy atom. The molecule has 5 nitrogen and oxygen atoms in total. The Hall–Kier alpha value is -2.08. The van der Waals surface area contributed by atoms with Crippen molar-refractivity contribution in [2.75, 3.05) is 19.5 Å². The number of nitrogens with zero attached hydrogens (tertiary/aromatic N) is 1. The van der Waals surface area contributed by atoms with Gasteiger partial charge in [-0.25, -0.2) is 4.98 Å². The zero-order valence-corrected chi connectivity index (χ0v) is 12.4. The molecule has 0 spiro atoms. The molecule has 1 amide bonds. The number of rotatable bonds is 5. The number of aromatic nitrogens is 1. The molecule has 0 aliphatic carbocycles. The number of ether oxygens (including phenoxy) is 2. The van der Waals surface area contributed by atoms with Gasteiger partial charge in [0, 0.05) is 17.1 Å². The van der Waals surface area contributed by atoms with E-state index in [1.165, 1.54) is 18.4 Å². The molecule has 2 aromatic rings. The predicted octanol–water partition coefficient (Wildman–Crippen LogP) is 2.98. The van der Waals surface area contributed by atoms with Crippen LogP contribution in [0.2, 0.25) is 0 Å². The molecule has 0 unspecified atom stereocenters. The van der Waals surface area contributed by atoms with Gasteiger partial charge in [-0.2, -0.15) is 0 Å². The maximum absolute atomic E-state index is 12.2. The van der Waals surface area contributed by atoms with Crippen LogP contribution in [0.5, 0.6) is 11.5 Å². The number of anilines is 1. The molecule has 1 aromatic heterocycles. The lowest BCUT2D eigenvalue weighted by atomic mass is 10.2. The number of aryl methyl sites for hydroxylation is 1. The van der Waals surface area contributed by atoms with E-state index in [9.17, 15) is 4.79 Å². The molecule has 0 fully saturated rings. The Bertz CT molecular complexity index is 610. The second-order valence-electron chi connectivity index (χ2n) is 4.01. The van der Waals surface area contributed by atoms with Crippen molar-refractivity contribution >= 4 is 22.4 Å². The summed E-state index contributed by atoms with van der Waals surface area (Å²) in [6.45, 7) is 2.05. The van der Waals surface area contributed by atoms with Crippen LogP contribution in [0.4, 0.5) is 5.13 Å². The first-order valence-corrected chi connectivity index (χ1v) is 6.97. The lowest BCUT2D eigenvalue weighted by Crippen LogP contribution is -2.13. The number of carbonyl (C=O) groups excluding carboxylic acids is 1. The fourth-order valence-electron chi connectivity index (χ4n) is 1.68. The third kappa shape index (κ3) is 3.08. The third-order valence-corrected chi connectivity index (χ3v) is 3.83. The van der Waals surface area contributed by atoms with Gasteiger partial charge in [-0.15, -0.1) is 11.3 Å². The molecule has 106 valence electrons. The summed E-state index contributed by atoms with van der Waals surface area (Å²) in [5, 5.41) is 3.36. The van der Waals surface area contributed by atoms with Gasteiger partial charge < -0.3 is 9.47 Å². The average molecular weight is 292 g/mol. The molecule has 0 atom stereocenters. The van der Waals surface area contributed by atoms with E-state index < -0.39 is 0 Å². The number of hydrogen-bond acceptors (Lipinski definition) is 5. The van der Waals surface area contributed by atoms with E-state index in [0.717, 1.165) is 11.3 Å². The molecule has 0 radical (unpaired) electrons. The van der Waals surface area contributed by atoms with Crippen LogP contribution in [-0.4, -0.2) is 25.1 Å². The highest BCUT2D eigenvalue weighted by Crippen LogP contribution is 2.26. The number of thiazole rings is 1. The highest BCUT2D eigenvalue weighted by Gasteiger charge is 2.14. The summed E-state index contributed by atoms with van der Waals surface area (Å²) in [4.78, 5) is 17.5. The summed E-state index contributed by atoms with van der Waals surface area (Å²) in [6.07, 6.45) is 2.67. The molecule has 2 rings (SSSR count). The largest absolute Gasteiger partial charge is 0.497 e. The van der Waals surface area contributed by atoms with Crippen molar-refractivity contribution < 1.29 is 14.3 Å². The van der Waals surface area contributed by atoms with Crippen molar-refractivity contribution in [2.24, 2.45) is 0 Å². The summed E-state index contributed by atoms with van der Waals surface area (Å²) >= 11 is 1.47. The third-order valence-electron chi connectivity index (χ3n) is 2.78. The lowest BCUT2D eigenvalue weighted by Gasteiger charge is -2.09. The molecule has 0 aliphatic heterocycles. The molecule has 0 bridgehead atoms. The molecule has 1 heterocycles. The van der Waals surface area contributed by atoms with Gasteiger partial charge in [0.15, 0.2) is 5.13 Å². The van der Waals surface area contributed by atoms with E-state index in [1.54, 1.807) is 31.5 Å². The fourth-order valence-corrected chi connectivity index (χ4v) is 2.43. The van der Waals surface area contributed by atoms with E-state index in [1.807, 2.05) is 6.92 Å². The van der Waals surface area contributed by atoms with Gasteiger partial charge in [0.2, 0.25) is 0 Å². The number of amides is 1. The van der Waals surface area contributed by atoms with Crippen LogP contribution in [0.3, 0.4) is 0 Å². The number of hydrogen-bond donors (Lipinski definition) is 1. The van der Waals surface area contributed by atoms with Crippen molar-refractivity contribution in [3.63, 3.8) is 0 Å². The Morgan fingerprint density at radius 3 is 2.75 bits per heavy atom. The molecule has 0 aliphatic rings. The normalized spacial score (nSPS) is 10.2. The van der Waals surface area contributed by atoms with Gasteiger partial charge in [-0.1, -0.05) is 6.92 Å². The van der Waals surface area contributed by atoms with Crippen LogP contribution in [0, 0.1) is 0 Å². The summed E-state index contributed by atoms with van der Waals surface area (Å²) < 4.78 is 10.3. The molecule has 0 saturated heterocycles. The topological polar surface area (TPSA) is 60.5 Å². The molecule has 20 heavy (non-hydrogen) atoms. The Balaban J connectivity index is 2.20. The first kappa shape index (κ1) is 14.3. The number of nitrogens with one attached hydrogen (secondary N) is 1. The van der Waals surface area contributed by atoms with E-state index in [2.05, 4.69) is 10.3 Å². The highest BCUT2D eigenvalue weighted by molar-refractivity contribution is 7.15. The fraction of sp³-hybridized carbons (Fsp3) is 0.286. The van der Waals surface area contributed by atoms with Crippen LogP contribution in [0.1, 0.15) is 22.2 Å². The summed E-state index contributed by atoms with van der Waals surface area (Å²) in [6, 6.07) is 5.06. The van der Waals surface area contributed by atoms with Crippen LogP contribution in [0.25, 0.3) is 0 Å². The quantitative estimate of drug-likeness (QED) is 0.920. The zero-order chi connectivity index (χ0) is 14.5. The van der Waals surface area contributed by atoms with Gasteiger partial charge in [-0.05, 0) is 18.6 Å². The van der Waals surface area contributed by atoms with Crippen molar-refractivity contribution in [2.45, 2.75) is 13.3 Å². The maximum Gasteiger partial charge on any atom is 0.261 e. The van der Waals surface area contributed by atoms with Gasteiger partial charge >= 0.3 is 0 Å². The van der Waals surface area contributed by atoms with E-state index in [-0.39, 0.29) is 5.91 Å². The SMILES string of the molecule is CCc1cnc(NC(=O)c2ccc(OC)cc2OC)s1. The second-order valence-corrected chi connectivity index (χ2v) is 5.12. The minimum atomic E-state index is -0.249. The first-order chi connectivity index (χ1) is 9.67. The minimum absolute atomic E-state index is 0.249. The monoisotopic (exact) mass is 292 g/mol. The average Bonchev–Trinajstić information content (AvgIpc) is 2.94. The maximum atomic E-state index is 12.2. The van der Waals surface area contributed by atoms with Crippen LogP contribution < -0.4 is 14.8 Å². The van der Waals surface area contributed by atoms with Crippen molar-refractivity contribution in [1.82, 2.24) is 4.98 Å².